The Hall–Kier alpha value is -3.25. The average Bonchev–Trinajstić information content (AvgIpc) is 3.29. The van der Waals surface area contributed by atoms with Gasteiger partial charge in [-0.2, -0.15) is 0 Å². The lowest BCUT2D eigenvalue weighted by atomic mass is 10.1. The molecule has 1 atom stereocenters. The summed E-state index contributed by atoms with van der Waals surface area (Å²) in [6, 6.07) is 17.0. The van der Waals surface area contributed by atoms with E-state index < -0.39 is 0 Å². The van der Waals surface area contributed by atoms with E-state index in [0.29, 0.717) is 22.8 Å². The van der Waals surface area contributed by atoms with E-state index in [0.717, 1.165) is 41.5 Å². The van der Waals surface area contributed by atoms with Gasteiger partial charge in [0.05, 0.1) is 16.3 Å². The van der Waals surface area contributed by atoms with Crippen molar-refractivity contribution in [1.29, 1.82) is 0 Å². The van der Waals surface area contributed by atoms with Crippen LogP contribution < -0.4 is 10.2 Å². The maximum absolute atomic E-state index is 14.9. The molecule has 0 radical (unpaired) electrons. The molecular weight excluding hydrogens is 455 g/mol. The number of aliphatic imine (C=N–C) groups is 1. The molecule has 0 spiro atoms. The zero-order valence-electron chi connectivity index (χ0n) is 21.1. The smallest absolute Gasteiger partial charge is 0.186 e. The van der Waals surface area contributed by atoms with Gasteiger partial charge in [0.2, 0.25) is 0 Å². The van der Waals surface area contributed by atoms with Crippen molar-refractivity contribution in [3.63, 3.8) is 0 Å². The second kappa shape index (κ2) is 13.0. The molecule has 3 aromatic rings. The zero-order valence-corrected chi connectivity index (χ0v) is 21.9. The summed E-state index contributed by atoms with van der Waals surface area (Å²) in [5.41, 5.74) is 2.95. The van der Waals surface area contributed by atoms with Crippen LogP contribution in [0.4, 0.5) is 9.52 Å². The summed E-state index contributed by atoms with van der Waals surface area (Å²) in [5, 5.41) is 4.26. The number of rotatable bonds is 12. The molecule has 0 aliphatic rings. The van der Waals surface area contributed by atoms with E-state index in [9.17, 15) is 4.39 Å². The number of halogens is 1. The second-order valence-electron chi connectivity index (χ2n) is 8.36. The Morgan fingerprint density at radius 2 is 1.77 bits per heavy atom. The molecule has 1 aromatic heterocycles. The van der Waals surface area contributed by atoms with Gasteiger partial charge in [0.1, 0.15) is 11.6 Å². The molecule has 1 heterocycles. The van der Waals surface area contributed by atoms with Gasteiger partial charge in [-0.15, -0.1) is 0 Å². The molecule has 2 aromatic carbocycles. The van der Waals surface area contributed by atoms with E-state index in [1.165, 1.54) is 6.07 Å². The molecule has 1 unspecified atom stereocenters. The monoisotopic (exact) mass is 490 g/mol. The summed E-state index contributed by atoms with van der Waals surface area (Å²) in [4.78, 5) is 12.9. The van der Waals surface area contributed by atoms with Gasteiger partial charge in [0.15, 0.2) is 5.13 Å². The molecule has 184 valence electrons. The Morgan fingerprint density at radius 3 is 2.40 bits per heavy atom. The van der Waals surface area contributed by atoms with Crippen LogP contribution in [0.15, 0.2) is 84.1 Å². The quantitative estimate of drug-likeness (QED) is 0.264. The van der Waals surface area contributed by atoms with Gasteiger partial charge < -0.3 is 10.2 Å². The number of hydrogen-bond donors (Lipinski definition) is 1. The number of nitrogens with zero attached hydrogens (tertiary/aromatic N) is 3. The molecule has 4 nitrogen and oxygen atoms in total. The van der Waals surface area contributed by atoms with Crippen molar-refractivity contribution < 1.29 is 4.39 Å². The van der Waals surface area contributed by atoms with Crippen molar-refractivity contribution in [3.8, 4) is 11.3 Å². The Labute approximate surface area is 213 Å². The van der Waals surface area contributed by atoms with Crippen LogP contribution in [0.25, 0.3) is 11.3 Å². The minimum Gasteiger partial charge on any atom is -0.364 e. The fourth-order valence-electron chi connectivity index (χ4n) is 3.87. The van der Waals surface area contributed by atoms with Crippen LogP contribution in [0.1, 0.15) is 57.0 Å². The number of aromatic nitrogens is 1. The number of allylic oxidation sites excluding steroid dienone is 2. The Bertz CT molecular complexity index is 1160. The predicted octanol–water partition coefficient (Wildman–Crippen LogP) is 7.76. The highest BCUT2D eigenvalue weighted by molar-refractivity contribution is 7.18. The first-order valence-corrected chi connectivity index (χ1v) is 13.0. The van der Waals surface area contributed by atoms with Gasteiger partial charge >= 0.3 is 0 Å². The molecule has 35 heavy (non-hydrogen) atoms. The molecule has 3 rings (SSSR count). The first-order valence-electron chi connectivity index (χ1n) is 12.2. The molecule has 6 heteroatoms. The van der Waals surface area contributed by atoms with E-state index in [2.05, 4.69) is 49.7 Å². The first kappa shape index (κ1) is 26.4. The maximum atomic E-state index is 14.9. The minimum atomic E-state index is -0.294. The molecule has 0 aliphatic heterocycles. The first-order chi connectivity index (χ1) is 17.0. The summed E-state index contributed by atoms with van der Waals surface area (Å²) < 4.78 is 14.9. The lowest BCUT2D eigenvalue weighted by molar-refractivity contribution is 0.631. The normalized spacial score (nSPS) is 12.7. The van der Waals surface area contributed by atoms with Gasteiger partial charge in [-0.3, -0.25) is 0 Å². The highest BCUT2D eigenvalue weighted by atomic mass is 32.1. The van der Waals surface area contributed by atoms with E-state index in [1.807, 2.05) is 43.3 Å². The highest BCUT2D eigenvalue weighted by Crippen LogP contribution is 2.35. The number of nitrogens with one attached hydrogen (secondary N) is 1. The van der Waals surface area contributed by atoms with E-state index in [-0.39, 0.29) is 11.9 Å². The largest absolute Gasteiger partial charge is 0.364 e. The van der Waals surface area contributed by atoms with Crippen molar-refractivity contribution in [3.05, 3.63) is 95.4 Å². The summed E-state index contributed by atoms with van der Waals surface area (Å²) in [5.74, 6) is 0.250. The van der Waals surface area contributed by atoms with Crippen molar-refractivity contribution in [2.24, 2.45) is 4.99 Å². The van der Waals surface area contributed by atoms with Gasteiger partial charge in [0.25, 0.3) is 0 Å². The summed E-state index contributed by atoms with van der Waals surface area (Å²) >= 11 is 1.55. The summed E-state index contributed by atoms with van der Waals surface area (Å²) in [6.45, 7) is 14.3. The molecule has 0 saturated carbocycles. The van der Waals surface area contributed by atoms with Crippen LogP contribution in [-0.2, 0) is 0 Å². The lowest BCUT2D eigenvalue weighted by Gasteiger charge is -2.20. The Morgan fingerprint density at radius 1 is 1.11 bits per heavy atom. The standard InChI is InChI=1S/C29H35FN4S/c1-6-14-26(32-22(5)31-21(4)23-15-10-9-11-16-23)28-27(24-17-12-13-18-25(24)30)33-29(35-28)34(19-7-2)20-8-3/h6,9-18,21,31H,5,7-8,19-20H2,1-4H3/b14-6-,32-26+. The molecule has 0 fully saturated rings. The zero-order chi connectivity index (χ0) is 25.2. The van der Waals surface area contributed by atoms with Crippen LogP contribution in [0, 0.1) is 5.82 Å². The second-order valence-corrected chi connectivity index (χ2v) is 9.34. The SMILES string of the molecule is C=C(/N=C(\C=C/C)c1sc(N(CCC)CCC)nc1-c1ccccc1F)NC(C)c1ccccc1. The van der Waals surface area contributed by atoms with Crippen LogP contribution in [0.5, 0.6) is 0 Å². The average molecular weight is 491 g/mol. The van der Waals surface area contributed by atoms with Gasteiger partial charge in [-0.1, -0.05) is 80.3 Å². The number of anilines is 1. The molecule has 0 bridgehead atoms. The molecule has 1 N–H and O–H groups in total. The number of benzene rings is 2. The number of thiazole rings is 1. The van der Waals surface area contributed by atoms with Crippen LogP contribution >= 0.6 is 11.3 Å². The van der Waals surface area contributed by atoms with Crippen LogP contribution in [0.3, 0.4) is 0 Å². The Kier molecular flexibility index (Phi) is 9.79. The van der Waals surface area contributed by atoms with Gasteiger partial charge in [0, 0.05) is 24.7 Å². The van der Waals surface area contributed by atoms with Crippen LogP contribution in [-0.4, -0.2) is 23.8 Å². The molecule has 0 amide bonds. The van der Waals surface area contributed by atoms with Crippen molar-refractivity contribution >= 4 is 22.2 Å². The van der Waals surface area contributed by atoms with E-state index in [1.54, 1.807) is 23.5 Å². The van der Waals surface area contributed by atoms with Crippen LogP contribution in [0.2, 0.25) is 0 Å². The fourth-order valence-corrected chi connectivity index (χ4v) is 4.97. The van der Waals surface area contributed by atoms with Gasteiger partial charge in [-0.25, -0.2) is 14.4 Å². The maximum Gasteiger partial charge on any atom is 0.186 e. The summed E-state index contributed by atoms with van der Waals surface area (Å²) in [7, 11) is 0. The third-order valence-electron chi connectivity index (χ3n) is 5.50. The molecule has 0 aliphatic carbocycles. The molecule has 0 saturated heterocycles. The topological polar surface area (TPSA) is 40.5 Å². The molecular formula is C29H35FN4S. The minimum absolute atomic E-state index is 0.0481. The van der Waals surface area contributed by atoms with E-state index >= 15 is 0 Å². The van der Waals surface area contributed by atoms with Gasteiger partial charge in [-0.05, 0) is 50.5 Å². The van der Waals surface area contributed by atoms with Crippen molar-refractivity contribution in [2.75, 3.05) is 18.0 Å². The lowest BCUT2D eigenvalue weighted by Crippen LogP contribution is -2.24. The Balaban J connectivity index is 2.05. The third-order valence-corrected chi connectivity index (χ3v) is 6.64. The van der Waals surface area contributed by atoms with Crippen molar-refractivity contribution in [2.45, 2.75) is 46.6 Å². The fraction of sp³-hybridized carbons (Fsp3) is 0.310. The van der Waals surface area contributed by atoms with Crippen molar-refractivity contribution in [1.82, 2.24) is 10.3 Å². The number of hydrogen-bond acceptors (Lipinski definition) is 5. The van der Waals surface area contributed by atoms with E-state index in [4.69, 9.17) is 9.98 Å². The highest BCUT2D eigenvalue weighted by Gasteiger charge is 2.22. The predicted molar refractivity (Wildman–Crippen MR) is 149 cm³/mol. The summed E-state index contributed by atoms with van der Waals surface area (Å²) in [6.07, 6.45) is 5.90. The third kappa shape index (κ3) is 6.89.